The van der Waals surface area contributed by atoms with Crippen LogP contribution in [0.5, 0.6) is 5.75 Å². The molecular formula is C10H16N2O3S. The van der Waals surface area contributed by atoms with Crippen LogP contribution in [0.2, 0.25) is 0 Å². The minimum Gasteiger partial charge on any atom is -0.384 e. The van der Waals surface area contributed by atoms with Gasteiger partial charge in [-0.05, 0) is 19.2 Å². The summed E-state index contributed by atoms with van der Waals surface area (Å²) in [7, 11) is -1.59. The van der Waals surface area contributed by atoms with Gasteiger partial charge in [-0.15, -0.1) is 0 Å². The molecule has 0 amide bonds. The van der Waals surface area contributed by atoms with Gasteiger partial charge in [0, 0.05) is 24.8 Å². The van der Waals surface area contributed by atoms with E-state index in [1.54, 1.807) is 18.2 Å². The summed E-state index contributed by atoms with van der Waals surface area (Å²) in [5.74, 6) is 0.317. The zero-order chi connectivity index (χ0) is 12.0. The molecular weight excluding hydrogens is 228 g/mol. The number of rotatable bonds is 6. The third kappa shape index (κ3) is 4.99. The van der Waals surface area contributed by atoms with Gasteiger partial charge in [-0.25, -0.2) is 0 Å². The van der Waals surface area contributed by atoms with Gasteiger partial charge in [0.05, 0.1) is 6.26 Å². The van der Waals surface area contributed by atoms with Crippen molar-refractivity contribution >= 4 is 15.8 Å². The topological polar surface area (TPSA) is 67.4 Å². The van der Waals surface area contributed by atoms with Gasteiger partial charge in [-0.2, -0.15) is 8.42 Å². The molecule has 0 aromatic heterocycles. The quantitative estimate of drug-likeness (QED) is 0.568. The highest BCUT2D eigenvalue weighted by Gasteiger charge is 2.04. The standard InChI is InChI=1S/C10H16N2O3S/c1-11-6-7-12-9-4-3-5-10(8-9)15-16(2,13)14/h3-5,8,11-12H,6-7H2,1-2H3. The fraction of sp³-hybridized carbons (Fsp3) is 0.400. The molecule has 0 heterocycles. The Morgan fingerprint density at radius 3 is 2.69 bits per heavy atom. The molecule has 0 spiro atoms. The third-order valence-electron chi connectivity index (χ3n) is 1.79. The molecule has 16 heavy (non-hydrogen) atoms. The number of likely N-dealkylation sites (N-methyl/N-ethyl adjacent to an activating group) is 1. The summed E-state index contributed by atoms with van der Waals surface area (Å²) in [5, 5.41) is 6.14. The van der Waals surface area contributed by atoms with E-state index >= 15 is 0 Å². The number of anilines is 1. The van der Waals surface area contributed by atoms with Crippen LogP contribution in [-0.4, -0.2) is 34.8 Å². The van der Waals surface area contributed by atoms with E-state index in [2.05, 4.69) is 10.6 Å². The molecule has 0 saturated carbocycles. The maximum absolute atomic E-state index is 10.9. The smallest absolute Gasteiger partial charge is 0.306 e. The van der Waals surface area contributed by atoms with Crippen molar-refractivity contribution in [2.24, 2.45) is 0 Å². The molecule has 5 nitrogen and oxygen atoms in total. The van der Waals surface area contributed by atoms with Crippen LogP contribution >= 0.6 is 0 Å². The van der Waals surface area contributed by atoms with E-state index < -0.39 is 10.1 Å². The number of hydrogen-bond donors (Lipinski definition) is 2. The van der Waals surface area contributed by atoms with Crippen LogP contribution in [0.3, 0.4) is 0 Å². The fourth-order valence-electron chi connectivity index (χ4n) is 1.16. The third-order valence-corrected chi connectivity index (χ3v) is 2.28. The minimum atomic E-state index is -3.46. The van der Waals surface area contributed by atoms with Crippen LogP contribution < -0.4 is 14.8 Å². The second-order valence-electron chi connectivity index (χ2n) is 3.35. The van der Waals surface area contributed by atoms with Gasteiger partial charge in [0.15, 0.2) is 0 Å². The Morgan fingerprint density at radius 1 is 1.31 bits per heavy atom. The van der Waals surface area contributed by atoms with Crippen LogP contribution in [0.15, 0.2) is 24.3 Å². The van der Waals surface area contributed by atoms with Crippen molar-refractivity contribution in [1.29, 1.82) is 0 Å². The van der Waals surface area contributed by atoms with Crippen molar-refractivity contribution in [3.8, 4) is 5.75 Å². The van der Waals surface area contributed by atoms with Crippen molar-refractivity contribution in [3.63, 3.8) is 0 Å². The van der Waals surface area contributed by atoms with E-state index in [1.807, 2.05) is 13.1 Å². The predicted molar refractivity (Wildman–Crippen MR) is 64.3 cm³/mol. The number of hydrogen-bond acceptors (Lipinski definition) is 5. The van der Waals surface area contributed by atoms with E-state index in [0.717, 1.165) is 25.0 Å². The van der Waals surface area contributed by atoms with E-state index in [-0.39, 0.29) is 0 Å². The van der Waals surface area contributed by atoms with Crippen LogP contribution in [-0.2, 0) is 10.1 Å². The monoisotopic (exact) mass is 244 g/mol. The predicted octanol–water partition coefficient (Wildman–Crippen LogP) is 0.656. The van der Waals surface area contributed by atoms with E-state index in [1.165, 1.54) is 0 Å². The minimum absolute atomic E-state index is 0.317. The molecule has 0 aliphatic heterocycles. The lowest BCUT2D eigenvalue weighted by Gasteiger charge is -2.08. The molecule has 6 heteroatoms. The largest absolute Gasteiger partial charge is 0.384 e. The highest BCUT2D eigenvalue weighted by Crippen LogP contribution is 2.18. The van der Waals surface area contributed by atoms with E-state index in [0.29, 0.717) is 5.75 Å². The summed E-state index contributed by atoms with van der Waals surface area (Å²) in [4.78, 5) is 0. The Hall–Kier alpha value is -1.27. The second kappa shape index (κ2) is 5.72. The average Bonchev–Trinajstić information content (AvgIpc) is 2.16. The number of benzene rings is 1. The first-order chi connectivity index (χ1) is 7.51. The van der Waals surface area contributed by atoms with Crippen molar-refractivity contribution in [2.75, 3.05) is 31.7 Å². The van der Waals surface area contributed by atoms with E-state index in [9.17, 15) is 8.42 Å². The molecule has 1 aromatic carbocycles. The van der Waals surface area contributed by atoms with E-state index in [4.69, 9.17) is 4.18 Å². The molecule has 0 atom stereocenters. The Kier molecular flexibility index (Phi) is 4.57. The lowest BCUT2D eigenvalue weighted by molar-refractivity contribution is 0.493. The molecule has 0 aliphatic rings. The maximum Gasteiger partial charge on any atom is 0.306 e. The zero-order valence-corrected chi connectivity index (χ0v) is 10.2. The lowest BCUT2D eigenvalue weighted by Crippen LogP contribution is -2.17. The summed E-state index contributed by atoms with van der Waals surface area (Å²) in [5.41, 5.74) is 0.830. The first-order valence-electron chi connectivity index (χ1n) is 4.89. The van der Waals surface area contributed by atoms with Crippen LogP contribution in [0.25, 0.3) is 0 Å². The Morgan fingerprint density at radius 2 is 2.06 bits per heavy atom. The molecule has 0 radical (unpaired) electrons. The molecule has 0 saturated heterocycles. The molecule has 90 valence electrons. The van der Waals surface area contributed by atoms with Gasteiger partial charge in [-0.1, -0.05) is 6.07 Å². The first-order valence-corrected chi connectivity index (χ1v) is 6.71. The number of nitrogens with one attached hydrogen (secondary N) is 2. The SMILES string of the molecule is CNCCNc1cccc(OS(C)(=O)=O)c1. The van der Waals surface area contributed by atoms with Gasteiger partial charge < -0.3 is 14.8 Å². The second-order valence-corrected chi connectivity index (χ2v) is 4.92. The first kappa shape index (κ1) is 12.8. The normalized spacial score (nSPS) is 11.1. The summed E-state index contributed by atoms with van der Waals surface area (Å²) < 4.78 is 26.6. The summed E-state index contributed by atoms with van der Waals surface area (Å²) in [6.07, 6.45) is 1.02. The van der Waals surface area contributed by atoms with Crippen molar-refractivity contribution in [3.05, 3.63) is 24.3 Å². The molecule has 0 unspecified atom stereocenters. The molecule has 0 bridgehead atoms. The molecule has 0 aliphatic carbocycles. The Bertz CT molecular complexity index is 431. The van der Waals surface area contributed by atoms with Crippen molar-refractivity contribution < 1.29 is 12.6 Å². The van der Waals surface area contributed by atoms with Crippen LogP contribution in [0.1, 0.15) is 0 Å². The zero-order valence-electron chi connectivity index (χ0n) is 9.36. The van der Waals surface area contributed by atoms with Gasteiger partial charge in [0.1, 0.15) is 5.75 Å². The molecule has 1 rings (SSSR count). The van der Waals surface area contributed by atoms with Gasteiger partial charge >= 0.3 is 10.1 Å². The van der Waals surface area contributed by atoms with Crippen LogP contribution in [0, 0.1) is 0 Å². The van der Waals surface area contributed by atoms with Gasteiger partial charge in [0.2, 0.25) is 0 Å². The van der Waals surface area contributed by atoms with Crippen LogP contribution in [0.4, 0.5) is 5.69 Å². The Balaban J connectivity index is 2.64. The highest BCUT2D eigenvalue weighted by molar-refractivity contribution is 7.86. The molecule has 0 fully saturated rings. The highest BCUT2D eigenvalue weighted by atomic mass is 32.2. The lowest BCUT2D eigenvalue weighted by atomic mass is 10.3. The van der Waals surface area contributed by atoms with Gasteiger partial charge in [-0.3, -0.25) is 0 Å². The molecule has 2 N–H and O–H groups in total. The maximum atomic E-state index is 10.9. The van der Waals surface area contributed by atoms with Crippen molar-refractivity contribution in [1.82, 2.24) is 5.32 Å². The Labute approximate surface area is 95.9 Å². The summed E-state index contributed by atoms with van der Waals surface area (Å²) >= 11 is 0. The average molecular weight is 244 g/mol. The molecule has 1 aromatic rings. The summed E-state index contributed by atoms with van der Waals surface area (Å²) in [6, 6.07) is 6.84. The summed E-state index contributed by atoms with van der Waals surface area (Å²) in [6.45, 7) is 1.59. The van der Waals surface area contributed by atoms with Crippen molar-refractivity contribution in [2.45, 2.75) is 0 Å². The fourth-order valence-corrected chi connectivity index (χ4v) is 1.62. The van der Waals surface area contributed by atoms with Gasteiger partial charge in [0.25, 0.3) is 0 Å².